The summed E-state index contributed by atoms with van der Waals surface area (Å²) in [4.78, 5) is 4.33. The maximum atomic E-state index is 5.27. The molecule has 0 bridgehead atoms. The maximum Gasteiger partial charge on any atom is 0.256 e. The highest BCUT2D eigenvalue weighted by Gasteiger charge is 2.02. The van der Waals surface area contributed by atoms with E-state index < -0.39 is 0 Å². The Morgan fingerprint density at radius 3 is 3.23 bits per heavy atom. The van der Waals surface area contributed by atoms with Crippen LogP contribution in [-0.2, 0) is 6.42 Å². The average molecular weight is 197 g/mol. The SMILES string of the molecule is C=CCSc1nc(CCCC)co1. The molecule has 1 rings (SSSR count). The van der Waals surface area contributed by atoms with Gasteiger partial charge in [-0.1, -0.05) is 31.2 Å². The first-order valence-corrected chi connectivity index (χ1v) is 5.53. The van der Waals surface area contributed by atoms with Gasteiger partial charge in [-0.25, -0.2) is 4.98 Å². The van der Waals surface area contributed by atoms with Crippen molar-refractivity contribution in [3.63, 3.8) is 0 Å². The predicted molar refractivity (Wildman–Crippen MR) is 56.0 cm³/mol. The van der Waals surface area contributed by atoms with E-state index in [0.29, 0.717) is 0 Å². The van der Waals surface area contributed by atoms with Crippen LogP contribution in [0.15, 0.2) is 28.6 Å². The monoisotopic (exact) mass is 197 g/mol. The minimum atomic E-state index is 0.756. The average Bonchev–Trinajstić information content (AvgIpc) is 2.59. The van der Waals surface area contributed by atoms with Crippen molar-refractivity contribution in [2.75, 3.05) is 5.75 Å². The van der Waals surface area contributed by atoms with E-state index in [1.807, 2.05) is 6.08 Å². The molecule has 0 saturated heterocycles. The van der Waals surface area contributed by atoms with Crippen LogP contribution in [-0.4, -0.2) is 10.7 Å². The molecule has 2 nitrogen and oxygen atoms in total. The van der Waals surface area contributed by atoms with Crippen molar-refractivity contribution in [1.29, 1.82) is 0 Å². The van der Waals surface area contributed by atoms with Crippen molar-refractivity contribution in [1.82, 2.24) is 4.98 Å². The van der Waals surface area contributed by atoms with Crippen LogP contribution in [0.4, 0.5) is 0 Å². The molecular formula is C10H15NOS. The summed E-state index contributed by atoms with van der Waals surface area (Å²) in [5, 5.41) is 0.756. The van der Waals surface area contributed by atoms with Gasteiger partial charge in [0.25, 0.3) is 5.22 Å². The molecule has 0 aliphatic heterocycles. The lowest BCUT2D eigenvalue weighted by Crippen LogP contribution is -1.83. The van der Waals surface area contributed by atoms with E-state index in [0.717, 1.165) is 23.1 Å². The van der Waals surface area contributed by atoms with Gasteiger partial charge < -0.3 is 4.42 Å². The smallest absolute Gasteiger partial charge is 0.256 e. The molecular weight excluding hydrogens is 182 g/mol. The molecule has 13 heavy (non-hydrogen) atoms. The van der Waals surface area contributed by atoms with Gasteiger partial charge in [-0.3, -0.25) is 0 Å². The molecule has 0 N–H and O–H groups in total. The summed E-state index contributed by atoms with van der Waals surface area (Å²) in [6.07, 6.45) is 7.00. The van der Waals surface area contributed by atoms with E-state index >= 15 is 0 Å². The minimum absolute atomic E-state index is 0.756. The van der Waals surface area contributed by atoms with Gasteiger partial charge in [-0.15, -0.1) is 6.58 Å². The van der Waals surface area contributed by atoms with E-state index in [1.54, 1.807) is 18.0 Å². The Hall–Kier alpha value is -0.700. The van der Waals surface area contributed by atoms with Crippen molar-refractivity contribution in [3.05, 3.63) is 24.6 Å². The zero-order valence-corrected chi connectivity index (χ0v) is 8.77. The molecule has 1 heterocycles. The second-order valence-electron chi connectivity index (χ2n) is 2.81. The van der Waals surface area contributed by atoms with E-state index in [-0.39, 0.29) is 0 Å². The highest BCUT2D eigenvalue weighted by atomic mass is 32.2. The van der Waals surface area contributed by atoms with Crippen molar-refractivity contribution in [3.8, 4) is 0 Å². The van der Waals surface area contributed by atoms with Gasteiger partial charge in [-0.2, -0.15) is 0 Å². The fourth-order valence-electron chi connectivity index (χ4n) is 0.958. The Morgan fingerprint density at radius 1 is 1.69 bits per heavy atom. The summed E-state index contributed by atoms with van der Waals surface area (Å²) in [5.74, 6) is 0.855. The largest absolute Gasteiger partial charge is 0.440 e. The molecule has 0 aromatic carbocycles. The van der Waals surface area contributed by atoms with Crippen LogP contribution in [0.1, 0.15) is 25.5 Å². The normalized spacial score (nSPS) is 10.2. The Labute approximate surface area is 83.4 Å². The summed E-state index contributed by atoms with van der Waals surface area (Å²) < 4.78 is 5.27. The van der Waals surface area contributed by atoms with Crippen LogP contribution < -0.4 is 0 Å². The fraction of sp³-hybridized carbons (Fsp3) is 0.500. The lowest BCUT2D eigenvalue weighted by atomic mass is 10.2. The van der Waals surface area contributed by atoms with Gasteiger partial charge in [0, 0.05) is 5.75 Å². The van der Waals surface area contributed by atoms with Crippen molar-refractivity contribution in [2.45, 2.75) is 31.4 Å². The summed E-state index contributed by atoms with van der Waals surface area (Å²) in [6, 6.07) is 0. The topological polar surface area (TPSA) is 26.0 Å². The predicted octanol–water partition coefficient (Wildman–Crippen LogP) is 3.30. The zero-order chi connectivity index (χ0) is 9.52. The van der Waals surface area contributed by atoms with E-state index in [2.05, 4.69) is 18.5 Å². The number of unbranched alkanes of at least 4 members (excludes halogenated alkanes) is 1. The molecule has 0 fully saturated rings. The molecule has 1 aromatic heterocycles. The summed E-state index contributed by atoms with van der Waals surface area (Å²) in [7, 11) is 0. The first-order chi connectivity index (χ1) is 6.36. The van der Waals surface area contributed by atoms with Crippen LogP contribution in [0.2, 0.25) is 0 Å². The lowest BCUT2D eigenvalue weighted by molar-refractivity contribution is 0.454. The van der Waals surface area contributed by atoms with Gasteiger partial charge in [-0.05, 0) is 12.8 Å². The Morgan fingerprint density at radius 2 is 2.54 bits per heavy atom. The summed E-state index contributed by atoms with van der Waals surface area (Å²) in [6.45, 7) is 5.82. The number of hydrogen-bond donors (Lipinski definition) is 0. The van der Waals surface area contributed by atoms with Crippen LogP contribution >= 0.6 is 11.8 Å². The molecule has 0 spiro atoms. The fourth-order valence-corrected chi connectivity index (χ4v) is 1.52. The molecule has 0 atom stereocenters. The van der Waals surface area contributed by atoms with Gasteiger partial charge in [0.05, 0.1) is 5.69 Å². The van der Waals surface area contributed by atoms with Crippen LogP contribution in [0.25, 0.3) is 0 Å². The lowest BCUT2D eigenvalue weighted by Gasteiger charge is -1.90. The number of aromatic nitrogens is 1. The second-order valence-corrected chi connectivity index (χ2v) is 3.78. The van der Waals surface area contributed by atoms with E-state index in [4.69, 9.17) is 4.42 Å². The number of aryl methyl sites for hydroxylation is 1. The Balaban J connectivity index is 2.38. The molecule has 0 unspecified atom stereocenters. The second kappa shape index (κ2) is 5.86. The maximum absolute atomic E-state index is 5.27. The van der Waals surface area contributed by atoms with Crippen molar-refractivity contribution < 1.29 is 4.42 Å². The van der Waals surface area contributed by atoms with Crippen molar-refractivity contribution >= 4 is 11.8 Å². The molecule has 0 amide bonds. The first kappa shape index (κ1) is 10.4. The van der Waals surface area contributed by atoms with Crippen LogP contribution in [0.5, 0.6) is 0 Å². The van der Waals surface area contributed by atoms with E-state index in [1.165, 1.54) is 12.8 Å². The van der Waals surface area contributed by atoms with Gasteiger partial charge >= 0.3 is 0 Å². The third-order valence-corrected chi connectivity index (χ3v) is 2.48. The van der Waals surface area contributed by atoms with Crippen LogP contribution in [0, 0.1) is 0 Å². The number of rotatable bonds is 6. The summed E-state index contributed by atoms with van der Waals surface area (Å²) in [5.41, 5.74) is 1.06. The number of oxazole rings is 1. The van der Waals surface area contributed by atoms with Gasteiger partial charge in [0.15, 0.2) is 0 Å². The highest BCUT2D eigenvalue weighted by Crippen LogP contribution is 2.17. The number of nitrogens with zero attached hydrogens (tertiary/aromatic N) is 1. The van der Waals surface area contributed by atoms with Crippen LogP contribution in [0.3, 0.4) is 0 Å². The number of thioether (sulfide) groups is 1. The quantitative estimate of drug-likeness (QED) is 0.517. The molecule has 0 radical (unpaired) electrons. The third-order valence-electron chi connectivity index (χ3n) is 1.64. The minimum Gasteiger partial charge on any atom is -0.440 e. The zero-order valence-electron chi connectivity index (χ0n) is 7.95. The third kappa shape index (κ3) is 3.68. The standard InChI is InChI=1S/C10H15NOS/c1-3-5-6-9-8-12-10(11-9)13-7-4-2/h4,8H,2-3,5-7H2,1H3. The Kier molecular flexibility index (Phi) is 4.68. The summed E-state index contributed by atoms with van der Waals surface area (Å²) >= 11 is 1.58. The molecule has 1 aromatic rings. The molecule has 3 heteroatoms. The first-order valence-electron chi connectivity index (χ1n) is 4.55. The van der Waals surface area contributed by atoms with Gasteiger partial charge in [0.1, 0.15) is 6.26 Å². The molecule has 0 aliphatic carbocycles. The number of hydrogen-bond acceptors (Lipinski definition) is 3. The Bertz CT molecular complexity index is 257. The molecule has 0 saturated carbocycles. The molecule has 72 valence electrons. The van der Waals surface area contributed by atoms with Gasteiger partial charge in [0.2, 0.25) is 0 Å². The van der Waals surface area contributed by atoms with Crippen molar-refractivity contribution in [2.24, 2.45) is 0 Å². The molecule has 0 aliphatic rings. The van der Waals surface area contributed by atoms with E-state index in [9.17, 15) is 0 Å². The highest BCUT2D eigenvalue weighted by molar-refractivity contribution is 7.99.